The molecule has 0 unspecified atom stereocenters. The van der Waals surface area contributed by atoms with Crippen LogP contribution >= 0.6 is 0 Å². The smallest absolute Gasteiger partial charge is 0.125 e. The van der Waals surface area contributed by atoms with Gasteiger partial charge in [-0.15, -0.1) is 6.42 Å². The van der Waals surface area contributed by atoms with Gasteiger partial charge in [0.2, 0.25) is 0 Å². The van der Waals surface area contributed by atoms with Crippen LogP contribution in [0.3, 0.4) is 0 Å². The summed E-state index contributed by atoms with van der Waals surface area (Å²) in [5.74, 6) is 3.33. The summed E-state index contributed by atoms with van der Waals surface area (Å²) in [6.45, 7) is 2.11. The number of hydrogen-bond acceptors (Lipinski definition) is 7. The molecular weight excluding hydrogens is 450 g/mol. The second-order valence-electron chi connectivity index (χ2n) is 8.23. The molecule has 0 aliphatic rings. The van der Waals surface area contributed by atoms with Gasteiger partial charge in [-0.3, -0.25) is 9.67 Å². The van der Waals surface area contributed by atoms with Gasteiger partial charge >= 0.3 is 0 Å². The summed E-state index contributed by atoms with van der Waals surface area (Å²) in [6.07, 6.45) is 16.1. The van der Waals surface area contributed by atoms with E-state index in [4.69, 9.17) is 6.42 Å². The maximum absolute atomic E-state index is 9.61. The number of terminal acetylenes is 1. The van der Waals surface area contributed by atoms with Crippen LogP contribution < -0.4 is 10.6 Å². The lowest BCUT2D eigenvalue weighted by Crippen LogP contribution is -2.22. The van der Waals surface area contributed by atoms with Crippen molar-refractivity contribution in [2.24, 2.45) is 7.05 Å². The highest BCUT2D eigenvalue weighted by atomic mass is 15.2. The summed E-state index contributed by atoms with van der Waals surface area (Å²) in [6, 6.07) is 12.0. The maximum Gasteiger partial charge on any atom is 0.125 e. The molecule has 176 valence electrons. The van der Waals surface area contributed by atoms with Gasteiger partial charge in [0.15, 0.2) is 0 Å². The van der Waals surface area contributed by atoms with E-state index in [1.807, 2.05) is 56.0 Å². The lowest BCUT2D eigenvalue weighted by atomic mass is 10.0. The van der Waals surface area contributed by atoms with Gasteiger partial charge in [-0.25, -0.2) is 9.50 Å². The highest BCUT2D eigenvalue weighted by Gasteiger charge is 2.14. The van der Waals surface area contributed by atoms with Gasteiger partial charge in [-0.05, 0) is 30.3 Å². The quantitative estimate of drug-likeness (QED) is 0.263. The molecule has 0 fully saturated rings. The number of aryl methyl sites for hydroxylation is 1. The Labute approximate surface area is 208 Å². The molecule has 0 atom stereocenters. The molecule has 9 heteroatoms. The Hall–Kier alpha value is -4.99. The second kappa shape index (κ2) is 10.1. The zero-order valence-electron chi connectivity index (χ0n) is 19.7. The molecule has 0 aliphatic heterocycles. The molecule has 9 nitrogen and oxygen atoms in total. The molecule has 36 heavy (non-hydrogen) atoms. The van der Waals surface area contributed by atoms with Crippen LogP contribution in [-0.4, -0.2) is 42.5 Å². The van der Waals surface area contributed by atoms with E-state index in [9.17, 15) is 5.26 Å². The topological polar surface area (TPSA) is 109 Å². The summed E-state index contributed by atoms with van der Waals surface area (Å²) in [4.78, 5) is 8.92. The lowest BCUT2D eigenvalue weighted by Gasteiger charge is -2.10. The minimum atomic E-state index is 0.513. The first-order valence-electron chi connectivity index (χ1n) is 11.4. The van der Waals surface area contributed by atoms with Crippen molar-refractivity contribution in [1.82, 2.24) is 34.7 Å². The number of nitrogens with zero attached hydrogens (tertiary/aromatic N) is 7. The molecule has 2 N–H and O–H groups in total. The van der Waals surface area contributed by atoms with Crippen molar-refractivity contribution in [2.75, 3.05) is 18.4 Å². The number of nitriles is 1. The van der Waals surface area contributed by atoms with Crippen LogP contribution in [0.5, 0.6) is 0 Å². The fraction of sp³-hybridized carbons (Fsp3) is 0.148. The van der Waals surface area contributed by atoms with Gasteiger partial charge in [-0.1, -0.05) is 5.92 Å². The Morgan fingerprint density at radius 2 is 1.86 bits per heavy atom. The third-order valence-electron chi connectivity index (χ3n) is 5.75. The molecule has 0 saturated carbocycles. The number of anilines is 1. The maximum atomic E-state index is 9.61. The minimum Gasteiger partial charge on any atom is -0.369 e. The Bertz CT molecular complexity index is 1580. The van der Waals surface area contributed by atoms with Crippen molar-refractivity contribution in [3.8, 4) is 40.7 Å². The molecule has 0 amide bonds. The van der Waals surface area contributed by atoms with Crippen LogP contribution in [0.1, 0.15) is 16.8 Å². The molecule has 0 bridgehead atoms. The number of pyridine rings is 3. The van der Waals surface area contributed by atoms with Crippen LogP contribution in [0.15, 0.2) is 67.5 Å². The Kier molecular flexibility index (Phi) is 6.39. The van der Waals surface area contributed by atoms with Crippen LogP contribution in [-0.2, 0) is 13.6 Å². The average molecular weight is 474 g/mol. The van der Waals surface area contributed by atoms with Crippen molar-refractivity contribution >= 4 is 11.3 Å². The summed E-state index contributed by atoms with van der Waals surface area (Å²) in [5, 5.41) is 24.9. The van der Waals surface area contributed by atoms with Crippen LogP contribution in [0, 0.1) is 23.7 Å². The molecule has 0 aromatic carbocycles. The van der Waals surface area contributed by atoms with Gasteiger partial charge in [0.05, 0.1) is 29.2 Å². The fourth-order valence-corrected chi connectivity index (χ4v) is 3.92. The SMILES string of the molecule is C#Cc1ccc(CNCCNc2ccc(-c3cc(-c4cnn(C)c4)cn4ncc(C#N)c34)cn2)nc1. The van der Waals surface area contributed by atoms with Crippen molar-refractivity contribution in [3.05, 3.63) is 84.3 Å². The van der Waals surface area contributed by atoms with E-state index in [0.717, 1.165) is 51.4 Å². The zero-order chi connectivity index (χ0) is 24.9. The molecule has 0 saturated heterocycles. The Morgan fingerprint density at radius 1 is 0.944 bits per heavy atom. The number of rotatable bonds is 8. The monoisotopic (exact) mass is 473 g/mol. The predicted octanol–water partition coefficient (Wildman–Crippen LogP) is 3.25. The Morgan fingerprint density at radius 3 is 2.56 bits per heavy atom. The van der Waals surface area contributed by atoms with Crippen LogP contribution in [0.4, 0.5) is 5.82 Å². The van der Waals surface area contributed by atoms with Gasteiger partial charge in [0.1, 0.15) is 11.9 Å². The molecule has 5 rings (SSSR count). The van der Waals surface area contributed by atoms with E-state index in [-0.39, 0.29) is 0 Å². The largest absolute Gasteiger partial charge is 0.369 e. The van der Waals surface area contributed by atoms with E-state index in [2.05, 4.69) is 42.8 Å². The molecule has 0 radical (unpaired) electrons. The van der Waals surface area contributed by atoms with Crippen molar-refractivity contribution in [2.45, 2.75) is 6.54 Å². The van der Waals surface area contributed by atoms with E-state index < -0.39 is 0 Å². The standard InChI is InChI=1S/C27H23N9/c1-3-19-4-6-24(31-12-19)16-29-8-9-30-26-7-5-20(13-32-26)25-10-21(23-15-33-35(2)17-23)18-36-27(25)22(11-28)14-34-36/h1,4-7,10,12-15,17-18,29H,8-9,16H2,2H3,(H,30,32). The van der Waals surface area contributed by atoms with Crippen molar-refractivity contribution in [3.63, 3.8) is 0 Å². The summed E-state index contributed by atoms with van der Waals surface area (Å²) in [5.41, 5.74) is 6.68. The van der Waals surface area contributed by atoms with E-state index in [1.54, 1.807) is 27.8 Å². The summed E-state index contributed by atoms with van der Waals surface area (Å²) in [7, 11) is 1.88. The van der Waals surface area contributed by atoms with Crippen LogP contribution in [0.25, 0.3) is 27.8 Å². The molecule has 5 aromatic rings. The van der Waals surface area contributed by atoms with Crippen molar-refractivity contribution < 1.29 is 0 Å². The van der Waals surface area contributed by atoms with E-state index in [1.165, 1.54) is 0 Å². The number of aromatic nitrogens is 6. The number of hydrogen-bond donors (Lipinski definition) is 2. The summed E-state index contributed by atoms with van der Waals surface area (Å²) < 4.78 is 3.49. The number of nitrogens with one attached hydrogen (secondary N) is 2. The fourth-order valence-electron chi connectivity index (χ4n) is 3.92. The van der Waals surface area contributed by atoms with Gasteiger partial charge < -0.3 is 10.6 Å². The lowest BCUT2D eigenvalue weighted by molar-refractivity contribution is 0.692. The third-order valence-corrected chi connectivity index (χ3v) is 5.75. The first kappa shape index (κ1) is 22.8. The normalized spacial score (nSPS) is 10.8. The molecule has 5 heterocycles. The summed E-state index contributed by atoms with van der Waals surface area (Å²) >= 11 is 0. The second-order valence-corrected chi connectivity index (χ2v) is 8.23. The first-order valence-corrected chi connectivity index (χ1v) is 11.4. The molecule has 0 aliphatic carbocycles. The predicted molar refractivity (Wildman–Crippen MR) is 138 cm³/mol. The van der Waals surface area contributed by atoms with Crippen LogP contribution in [0.2, 0.25) is 0 Å². The number of fused-ring (bicyclic) bond motifs is 1. The third kappa shape index (κ3) is 4.78. The molecule has 5 aromatic heterocycles. The van der Waals surface area contributed by atoms with Gasteiger partial charge in [0, 0.05) is 79.3 Å². The first-order chi connectivity index (χ1) is 17.6. The van der Waals surface area contributed by atoms with Gasteiger partial charge in [0.25, 0.3) is 0 Å². The van der Waals surface area contributed by atoms with E-state index >= 15 is 0 Å². The zero-order valence-corrected chi connectivity index (χ0v) is 19.7. The van der Waals surface area contributed by atoms with Crippen molar-refractivity contribution in [1.29, 1.82) is 5.26 Å². The average Bonchev–Trinajstić information content (AvgIpc) is 3.54. The highest BCUT2D eigenvalue weighted by Crippen LogP contribution is 2.31. The highest BCUT2D eigenvalue weighted by molar-refractivity contribution is 5.87. The molecular formula is C27H23N9. The Balaban J connectivity index is 1.28. The van der Waals surface area contributed by atoms with Gasteiger partial charge in [-0.2, -0.15) is 15.5 Å². The molecule has 0 spiro atoms. The minimum absolute atomic E-state index is 0.513. The van der Waals surface area contributed by atoms with E-state index in [0.29, 0.717) is 18.7 Å².